The molecule has 2 unspecified atom stereocenters. The van der Waals surface area contributed by atoms with Gasteiger partial charge >= 0.3 is 0 Å². The van der Waals surface area contributed by atoms with Gasteiger partial charge in [-0.1, -0.05) is 6.92 Å². The van der Waals surface area contributed by atoms with Crippen molar-refractivity contribution in [3.05, 3.63) is 27.4 Å². The van der Waals surface area contributed by atoms with Crippen LogP contribution in [0, 0.1) is 6.92 Å². The number of H-pyrrole nitrogens is 1. The van der Waals surface area contributed by atoms with Gasteiger partial charge in [0.25, 0.3) is 5.56 Å². The average Bonchev–Trinajstić information content (AvgIpc) is 2.64. The van der Waals surface area contributed by atoms with Crippen LogP contribution in [0.3, 0.4) is 0 Å². The highest BCUT2D eigenvalue weighted by molar-refractivity contribution is 5.18. The lowest BCUT2D eigenvalue weighted by molar-refractivity contribution is 0.158. The summed E-state index contributed by atoms with van der Waals surface area (Å²) in [4.78, 5) is 22.3. The van der Waals surface area contributed by atoms with Crippen LogP contribution in [0.4, 0.5) is 0 Å². The molecule has 0 amide bonds. The highest BCUT2D eigenvalue weighted by atomic mass is 16.1. The standard InChI is InChI=1S/C15H23N3O/c1-4-13-9(2)15(19)17-14(16-13)10-7-11-5-6-12(8-10)18(11)3/h10-12H,4-8H2,1-3H3,(H,16,17,19). The number of rotatable bonds is 2. The van der Waals surface area contributed by atoms with Crippen molar-refractivity contribution in [3.63, 3.8) is 0 Å². The van der Waals surface area contributed by atoms with Crippen LogP contribution in [-0.4, -0.2) is 34.0 Å². The zero-order valence-corrected chi connectivity index (χ0v) is 12.1. The number of aryl methyl sites for hydroxylation is 1. The summed E-state index contributed by atoms with van der Waals surface area (Å²) in [5, 5.41) is 0. The van der Waals surface area contributed by atoms with Gasteiger partial charge in [0.1, 0.15) is 5.82 Å². The van der Waals surface area contributed by atoms with E-state index in [-0.39, 0.29) is 5.56 Å². The van der Waals surface area contributed by atoms with Crippen LogP contribution in [0.1, 0.15) is 55.6 Å². The van der Waals surface area contributed by atoms with Crippen LogP contribution in [0.25, 0.3) is 0 Å². The molecule has 2 saturated heterocycles. The molecule has 0 aromatic carbocycles. The van der Waals surface area contributed by atoms with Gasteiger partial charge < -0.3 is 9.88 Å². The predicted molar refractivity (Wildman–Crippen MR) is 75.5 cm³/mol. The third-order valence-corrected chi connectivity index (χ3v) is 5.09. The Morgan fingerprint density at radius 3 is 2.53 bits per heavy atom. The second kappa shape index (κ2) is 4.75. The molecule has 2 atom stereocenters. The molecule has 2 aliphatic rings. The minimum Gasteiger partial charge on any atom is -0.310 e. The Hall–Kier alpha value is -1.16. The summed E-state index contributed by atoms with van der Waals surface area (Å²) in [6.07, 6.45) is 5.72. The van der Waals surface area contributed by atoms with Gasteiger partial charge in [-0.05, 0) is 46.1 Å². The fourth-order valence-electron chi connectivity index (χ4n) is 3.77. The molecule has 2 aliphatic heterocycles. The molecule has 0 aliphatic carbocycles. The van der Waals surface area contributed by atoms with Gasteiger partial charge in [-0.2, -0.15) is 0 Å². The lowest BCUT2D eigenvalue weighted by Gasteiger charge is -2.35. The molecule has 3 rings (SSSR count). The van der Waals surface area contributed by atoms with Gasteiger partial charge in [-0.25, -0.2) is 4.98 Å². The topological polar surface area (TPSA) is 49.0 Å². The Balaban J connectivity index is 1.91. The van der Waals surface area contributed by atoms with Gasteiger partial charge in [0.15, 0.2) is 0 Å². The minimum absolute atomic E-state index is 0.0492. The maximum atomic E-state index is 12.0. The molecule has 0 spiro atoms. The summed E-state index contributed by atoms with van der Waals surface area (Å²) in [5.41, 5.74) is 1.79. The first-order chi connectivity index (χ1) is 9.10. The molecule has 1 aromatic heterocycles. The molecule has 3 heterocycles. The summed E-state index contributed by atoms with van der Waals surface area (Å²) in [6.45, 7) is 3.93. The number of aromatic amines is 1. The van der Waals surface area contributed by atoms with Crippen LogP contribution in [0.2, 0.25) is 0 Å². The first-order valence-electron chi connectivity index (χ1n) is 7.41. The van der Waals surface area contributed by atoms with Crippen molar-refractivity contribution in [1.29, 1.82) is 0 Å². The molecule has 4 heteroatoms. The molecule has 104 valence electrons. The monoisotopic (exact) mass is 261 g/mol. The molecular weight excluding hydrogens is 238 g/mol. The Labute approximate surface area is 114 Å². The van der Waals surface area contributed by atoms with E-state index < -0.39 is 0 Å². The van der Waals surface area contributed by atoms with Crippen molar-refractivity contribution >= 4 is 0 Å². The molecule has 2 fully saturated rings. The first kappa shape index (κ1) is 12.9. The van der Waals surface area contributed by atoms with E-state index in [0.29, 0.717) is 18.0 Å². The van der Waals surface area contributed by atoms with Crippen LogP contribution >= 0.6 is 0 Å². The normalized spacial score (nSPS) is 30.8. The number of nitrogens with zero attached hydrogens (tertiary/aromatic N) is 2. The van der Waals surface area contributed by atoms with E-state index in [1.165, 1.54) is 12.8 Å². The van der Waals surface area contributed by atoms with E-state index >= 15 is 0 Å². The van der Waals surface area contributed by atoms with Crippen LogP contribution in [-0.2, 0) is 6.42 Å². The molecule has 19 heavy (non-hydrogen) atoms. The number of aromatic nitrogens is 2. The summed E-state index contributed by atoms with van der Waals surface area (Å²) >= 11 is 0. The fraction of sp³-hybridized carbons (Fsp3) is 0.733. The molecule has 2 bridgehead atoms. The number of hydrogen-bond acceptors (Lipinski definition) is 3. The fourth-order valence-corrected chi connectivity index (χ4v) is 3.77. The maximum absolute atomic E-state index is 12.0. The zero-order chi connectivity index (χ0) is 13.6. The highest BCUT2D eigenvalue weighted by Crippen LogP contribution is 2.40. The minimum atomic E-state index is 0.0492. The Morgan fingerprint density at radius 2 is 1.95 bits per heavy atom. The third-order valence-electron chi connectivity index (χ3n) is 5.09. The SMILES string of the molecule is CCc1nc(C2CC3CCC(C2)N3C)[nH]c(=O)c1C. The molecule has 1 N–H and O–H groups in total. The smallest absolute Gasteiger partial charge is 0.254 e. The van der Waals surface area contributed by atoms with Crippen molar-refractivity contribution in [2.75, 3.05) is 7.05 Å². The maximum Gasteiger partial charge on any atom is 0.254 e. The quantitative estimate of drug-likeness (QED) is 0.885. The van der Waals surface area contributed by atoms with E-state index in [1.807, 2.05) is 6.92 Å². The molecule has 1 aromatic rings. The third kappa shape index (κ3) is 2.12. The predicted octanol–water partition coefficient (Wildman–Crippen LogP) is 1.98. The van der Waals surface area contributed by atoms with Crippen molar-refractivity contribution in [3.8, 4) is 0 Å². The lowest BCUT2D eigenvalue weighted by atomic mass is 9.90. The summed E-state index contributed by atoms with van der Waals surface area (Å²) in [6, 6.07) is 1.36. The zero-order valence-electron chi connectivity index (χ0n) is 12.1. The van der Waals surface area contributed by atoms with Gasteiger partial charge in [-0.3, -0.25) is 4.79 Å². The van der Waals surface area contributed by atoms with E-state index in [0.717, 1.165) is 36.3 Å². The van der Waals surface area contributed by atoms with Crippen molar-refractivity contribution in [2.45, 2.75) is 64.0 Å². The second-order valence-corrected chi connectivity index (χ2v) is 6.10. The Bertz CT molecular complexity index is 523. The Morgan fingerprint density at radius 1 is 1.32 bits per heavy atom. The van der Waals surface area contributed by atoms with Crippen molar-refractivity contribution < 1.29 is 0 Å². The molecule has 0 saturated carbocycles. The van der Waals surface area contributed by atoms with Gasteiger partial charge in [0.05, 0.1) is 5.69 Å². The van der Waals surface area contributed by atoms with Crippen molar-refractivity contribution in [1.82, 2.24) is 14.9 Å². The Kier molecular flexibility index (Phi) is 3.21. The number of nitrogens with one attached hydrogen (secondary N) is 1. The summed E-state index contributed by atoms with van der Waals surface area (Å²) in [7, 11) is 2.24. The number of hydrogen-bond donors (Lipinski definition) is 1. The van der Waals surface area contributed by atoms with Gasteiger partial charge in [-0.15, -0.1) is 0 Å². The summed E-state index contributed by atoms with van der Waals surface area (Å²) in [5.74, 6) is 1.37. The van der Waals surface area contributed by atoms with Crippen molar-refractivity contribution in [2.24, 2.45) is 0 Å². The van der Waals surface area contributed by atoms with E-state index in [4.69, 9.17) is 4.98 Å². The largest absolute Gasteiger partial charge is 0.310 e. The van der Waals surface area contributed by atoms with Gasteiger partial charge in [0, 0.05) is 23.6 Å². The number of piperidine rings is 1. The van der Waals surface area contributed by atoms with E-state index in [1.54, 1.807) is 0 Å². The highest BCUT2D eigenvalue weighted by Gasteiger charge is 2.39. The molecule has 4 nitrogen and oxygen atoms in total. The average molecular weight is 261 g/mol. The number of fused-ring (bicyclic) bond motifs is 2. The second-order valence-electron chi connectivity index (χ2n) is 6.10. The lowest BCUT2D eigenvalue weighted by Crippen LogP contribution is -2.40. The van der Waals surface area contributed by atoms with Crippen LogP contribution in [0.15, 0.2) is 4.79 Å². The van der Waals surface area contributed by atoms with E-state index in [2.05, 4.69) is 23.9 Å². The van der Waals surface area contributed by atoms with Crippen LogP contribution < -0.4 is 5.56 Å². The van der Waals surface area contributed by atoms with Gasteiger partial charge in [0.2, 0.25) is 0 Å². The molecular formula is C15H23N3O. The molecule has 0 radical (unpaired) electrons. The first-order valence-corrected chi connectivity index (χ1v) is 7.41. The van der Waals surface area contributed by atoms with E-state index in [9.17, 15) is 4.79 Å². The van der Waals surface area contributed by atoms with Crippen LogP contribution in [0.5, 0.6) is 0 Å². The summed E-state index contributed by atoms with van der Waals surface area (Å²) < 4.78 is 0.